The van der Waals surface area contributed by atoms with E-state index in [9.17, 15) is 14.4 Å². The number of nitrogens with one attached hydrogen (secondary N) is 1. The van der Waals surface area contributed by atoms with Crippen LogP contribution in [0.2, 0.25) is 0 Å². The maximum atomic E-state index is 12.7. The lowest BCUT2D eigenvalue weighted by Crippen LogP contribution is -3.20. The van der Waals surface area contributed by atoms with Crippen LogP contribution in [0.25, 0.3) is 0 Å². The van der Waals surface area contributed by atoms with Gasteiger partial charge in [-0.1, -0.05) is 65.6 Å². The third kappa shape index (κ3) is 7.11. The zero-order valence-electron chi connectivity index (χ0n) is 16.1. The number of amides is 3. The fourth-order valence-corrected chi connectivity index (χ4v) is 2.53. The molecule has 2 aromatic carbocycles. The van der Waals surface area contributed by atoms with E-state index in [1.165, 1.54) is 0 Å². The molecule has 0 spiro atoms. The minimum atomic E-state index is -1.06. The molecule has 8 heteroatoms. The topological polar surface area (TPSA) is 126 Å². The maximum Gasteiger partial charge on any atom is 0.533 e. The quantitative estimate of drug-likeness (QED) is 0.606. The average Bonchev–Trinajstić information content (AvgIpc) is 2.76. The molecule has 0 saturated heterocycles. The summed E-state index contributed by atoms with van der Waals surface area (Å²) in [6, 6.07) is 16.8. The number of nitrogens with two attached hydrogens (primary N) is 2. The Morgan fingerprint density at radius 1 is 0.828 bits per heavy atom. The van der Waals surface area contributed by atoms with Crippen molar-refractivity contribution in [3.63, 3.8) is 0 Å². The van der Waals surface area contributed by atoms with Gasteiger partial charge in [0, 0.05) is 0 Å². The first-order valence-electron chi connectivity index (χ1n) is 9.31. The van der Waals surface area contributed by atoms with Gasteiger partial charge in [-0.05, 0) is 30.5 Å². The standard InChI is InChI=1S/C21H25N3O5/c22-13-7-12-18(23)19(25)24(20(26)28-14-16-8-3-1-4-9-16)21(27)29-15-17-10-5-2-6-11-17/h1-6,8-11,18H,7,12-15,22-23H2/p+1/t18-/m0/s1. The van der Waals surface area contributed by atoms with Crippen molar-refractivity contribution in [3.8, 4) is 0 Å². The number of alkyl carbamates (subject to hydrolysis) is 4. The smallest absolute Gasteiger partial charge is 0.414 e. The number of ether oxygens (including phenoxy) is 2. The van der Waals surface area contributed by atoms with Crippen LogP contribution >= 0.6 is 0 Å². The molecule has 0 heterocycles. The monoisotopic (exact) mass is 400 g/mol. The lowest BCUT2D eigenvalue weighted by atomic mass is 10.1. The summed E-state index contributed by atoms with van der Waals surface area (Å²) in [6.07, 6.45) is -1.38. The Balaban J connectivity index is 2.07. The summed E-state index contributed by atoms with van der Waals surface area (Å²) in [5.74, 6) is -0.811. The number of carbonyl (C=O) groups excluding carboxylic acids is 3. The molecule has 2 aromatic rings. The van der Waals surface area contributed by atoms with E-state index in [2.05, 4.69) is 0 Å². The van der Waals surface area contributed by atoms with Crippen molar-refractivity contribution in [2.75, 3.05) is 6.54 Å². The van der Waals surface area contributed by atoms with E-state index >= 15 is 0 Å². The number of benzene rings is 2. The third-order valence-corrected chi connectivity index (χ3v) is 4.14. The van der Waals surface area contributed by atoms with E-state index in [0.717, 1.165) is 11.1 Å². The van der Waals surface area contributed by atoms with Crippen LogP contribution in [0, 0.1) is 0 Å². The Labute approximate surface area is 169 Å². The normalized spacial score (nSPS) is 11.7. The second-order valence-electron chi connectivity index (χ2n) is 6.40. The van der Waals surface area contributed by atoms with Crippen molar-refractivity contribution >= 4 is 18.1 Å². The predicted molar refractivity (Wildman–Crippen MR) is 105 cm³/mol. The molecule has 8 nitrogen and oxygen atoms in total. The second kappa shape index (κ2) is 11.7. The number of hydrogen-bond donors (Lipinski definition) is 3. The number of imide groups is 3. The van der Waals surface area contributed by atoms with E-state index in [0.29, 0.717) is 13.0 Å². The number of quaternary nitrogens is 1. The average molecular weight is 400 g/mol. The molecular formula is C21H26N3O5+. The summed E-state index contributed by atoms with van der Waals surface area (Å²) < 4.78 is 10.3. The van der Waals surface area contributed by atoms with Gasteiger partial charge in [0.2, 0.25) is 0 Å². The van der Waals surface area contributed by atoms with Crippen LogP contribution in [0.4, 0.5) is 9.59 Å². The van der Waals surface area contributed by atoms with Crippen molar-refractivity contribution in [3.05, 3.63) is 71.8 Å². The van der Waals surface area contributed by atoms with E-state index in [1.807, 2.05) is 12.1 Å². The summed E-state index contributed by atoms with van der Waals surface area (Å²) in [6.45, 7) is 0.175. The van der Waals surface area contributed by atoms with Crippen molar-refractivity contribution in [2.45, 2.75) is 32.1 Å². The van der Waals surface area contributed by atoms with Crippen LogP contribution in [-0.4, -0.2) is 30.7 Å². The van der Waals surface area contributed by atoms with Crippen LogP contribution in [0.1, 0.15) is 24.0 Å². The van der Waals surface area contributed by atoms with Gasteiger partial charge < -0.3 is 20.9 Å². The first-order valence-corrected chi connectivity index (χ1v) is 9.31. The Morgan fingerprint density at radius 2 is 1.28 bits per heavy atom. The highest BCUT2D eigenvalue weighted by Crippen LogP contribution is 2.02. The molecule has 0 aliphatic carbocycles. The van der Waals surface area contributed by atoms with Gasteiger partial charge in [0.05, 0.1) is 0 Å². The molecule has 29 heavy (non-hydrogen) atoms. The zero-order chi connectivity index (χ0) is 21.1. The summed E-state index contributed by atoms with van der Waals surface area (Å²) in [4.78, 5) is 37.0. The molecule has 0 aliphatic rings. The SMILES string of the molecule is NCCC[C@H](N)C(=O)[NH+](C(=O)OCc1ccccc1)C(=O)OCc1ccccc1. The molecule has 0 bridgehead atoms. The lowest BCUT2D eigenvalue weighted by Gasteiger charge is -2.16. The second-order valence-corrected chi connectivity index (χ2v) is 6.40. The van der Waals surface area contributed by atoms with Crippen molar-refractivity contribution in [2.24, 2.45) is 11.5 Å². The van der Waals surface area contributed by atoms with Gasteiger partial charge in [0.15, 0.2) is 0 Å². The molecule has 0 unspecified atom stereocenters. The minimum Gasteiger partial charge on any atom is -0.414 e. The van der Waals surface area contributed by atoms with Gasteiger partial charge in [-0.25, -0.2) is 4.79 Å². The largest absolute Gasteiger partial charge is 0.533 e. The summed E-state index contributed by atoms with van der Waals surface area (Å²) in [7, 11) is 0. The van der Waals surface area contributed by atoms with Gasteiger partial charge in [0.1, 0.15) is 19.3 Å². The van der Waals surface area contributed by atoms with E-state index in [4.69, 9.17) is 20.9 Å². The van der Waals surface area contributed by atoms with Gasteiger partial charge in [-0.2, -0.15) is 9.59 Å². The fourth-order valence-electron chi connectivity index (χ4n) is 2.53. The molecule has 0 radical (unpaired) electrons. The predicted octanol–water partition coefficient (Wildman–Crippen LogP) is 1.14. The summed E-state index contributed by atoms with van der Waals surface area (Å²) >= 11 is 0. The number of rotatable bonds is 8. The Bertz CT molecular complexity index is 743. The van der Waals surface area contributed by atoms with Crippen molar-refractivity contribution < 1.29 is 28.8 Å². The number of hydrogen-bond acceptors (Lipinski definition) is 7. The minimum absolute atomic E-state index is 0.0829. The van der Waals surface area contributed by atoms with Gasteiger partial charge >= 0.3 is 18.1 Å². The van der Waals surface area contributed by atoms with Gasteiger partial charge in [-0.3, -0.25) is 0 Å². The fraction of sp³-hybridized carbons (Fsp3) is 0.286. The first kappa shape index (κ1) is 22.2. The van der Waals surface area contributed by atoms with Crippen LogP contribution in [-0.2, 0) is 27.5 Å². The molecule has 0 fully saturated rings. The molecule has 154 valence electrons. The number of carbonyl (C=O) groups is 3. The highest BCUT2D eigenvalue weighted by Gasteiger charge is 2.42. The third-order valence-electron chi connectivity index (χ3n) is 4.14. The van der Waals surface area contributed by atoms with Crippen LogP contribution in [0.15, 0.2) is 60.7 Å². The molecule has 0 saturated carbocycles. The van der Waals surface area contributed by atoms with Crippen LogP contribution in [0.3, 0.4) is 0 Å². The zero-order valence-corrected chi connectivity index (χ0v) is 16.1. The van der Waals surface area contributed by atoms with E-state index < -0.39 is 29.0 Å². The van der Waals surface area contributed by atoms with Gasteiger partial charge in [0.25, 0.3) is 0 Å². The molecular weight excluding hydrogens is 374 g/mol. The van der Waals surface area contributed by atoms with E-state index in [1.54, 1.807) is 48.5 Å². The lowest BCUT2D eigenvalue weighted by molar-refractivity contribution is -0.664. The van der Waals surface area contributed by atoms with Crippen LogP contribution in [0.5, 0.6) is 0 Å². The van der Waals surface area contributed by atoms with Crippen molar-refractivity contribution in [1.29, 1.82) is 0 Å². The Kier molecular flexibility index (Phi) is 8.97. The first-order chi connectivity index (χ1) is 14.0. The molecule has 0 aliphatic heterocycles. The highest BCUT2D eigenvalue weighted by atomic mass is 16.6. The molecule has 2 rings (SSSR count). The Morgan fingerprint density at radius 3 is 1.69 bits per heavy atom. The molecule has 5 N–H and O–H groups in total. The van der Waals surface area contributed by atoms with Crippen LogP contribution < -0.4 is 16.4 Å². The molecule has 3 amide bonds. The highest BCUT2D eigenvalue weighted by molar-refractivity contribution is 5.90. The van der Waals surface area contributed by atoms with Crippen molar-refractivity contribution in [1.82, 2.24) is 0 Å². The maximum absolute atomic E-state index is 12.7. The van der Waals surface area contributed by atoms with E-state index in [-0.39, 0.29) is 19.6 Å². The molecule has 0 aromatic heterocycles. The Hall–Kier alpha value is -3.07. The summed E-state index contributed by atoms with van der Waals surface area (Å²) in [5.41, 5.74) is 12.7. The van der Waals surface area contributed by atoms with Gasteiger partial charge in [-0.15, -0.1) is 0 Å². The summed E-state index contributed by atoms with van der Waals surface area (Å²) in [5, 5.41) is 0. The molecule has 1 atom stereocenters.